The zero-order chi connectivity index (χ0) is 14.0. The Hall–Kier alpha value is -0.190. The highest BCUT2D eigenvalue weighted by Gasteiger charge is 2.42. The van der Waals surface area contributed by atoms with E-state index in [-0.39, 0.29) is 5.60 Å². The standard InChI is InChI=1S/C16H28N2OS/c17-15(20)7-11-18(13-4-5-13)12-14-6-10-16(19-14)8-2-1-3-9-16/h13-14H,1-12H2,(H2,17,20). The summed E-state index contributed by atoms with van der Waals surface area (Å²) < 4.78 is 6.50. The molecule has 0 amide bonds. The Morgan fingerprint density at radius 3 is 2.55 bits per heavy atom. The summed E-state index contributed by atoms with van der Waals surface area (Å²) in [6.45, 7) is 2.11. The number of hydrogen-bond acceptors (Lipinski definition) is 3. The largest absolute Gasteiger partial charge is 0.393 e. The second kappa shape index (κ2) is 6.29. The van der Waals surface area contributed by atoms with Gasteiger partial charge in [-0.2, -0.15) is 0 Å². The van der Waals surface area contributed by atoms with Crippen LogP contribution >= 0.6 is 12.2 Å². The molecule has 3 nitrogen and oxygen atoms in total. The van der Waals surface area contributed by atoms with Gasteiger partial charge in [0.25, 0.3) is 0 Å². The topological polar surface area (TPSA) is 38.5 Å². The van der Waals surface area contributed by atoms with Gasteiger partial charge in [0.1, 0.15) is 0 Å². The second-order valence-corrected chi connectivity index (χ2v) is 7.49. The molecule has 1 aliphatic heterocycles. The predicted octanol–water partition coefficient (Wildman–Crippen LogP) is 3.01. The maximum atomic E-state index is 6.50. The van der Waals surface area contributed by atoms with Gasteiger partial charge in [-0.1, -0.05) is 31.5 Å². The molecule has 0 radical (unpaired) electrons. The highest BCUT2D eigenvalue weighted by molar-refractivity contribution is 7.80. The predicted molar refractivity (Wildman–Crippen MR) is 85.9 cm³/mol. The minimum absolute atomic E-state index is 0.251. The normalized spacial score (nSPS) is 29.1. The molecule has 2 saturated carbocycles. The summed E-state index contributed by atoms with van der Waals surface area (Å²) in [6.07, 6.45) is 13.2. The van der Waals surface area contributed by atoms with E-state index >= 15 is 0 Å². The first-order chi connectivity index (χ1) is 9.67. The summed E-state index contributed by atoms with van der Waals surface area (Å²) in [7, 11) is 0. The smallest absolute Gasteiger partial charge is 0.0740 e. The molecule has 3 aliphatic rings. The third-order valence-electron chi connectivity index (χ3n) is 5.25. The summed E-state index contributed by atoms with van der Waals surface area (Å²) in [4.78, 5) is 3.22. The van der Waals surface area contributed by atoms with Crippen LogP contribution in [0.5, 0.6) is 0 Å². The van der Waals surface area contributed by atoms with E-state index in [1.165, 1.54) is 57.8 Å². The van der Waals surface area contributed by atoms with E-state index in [0.717, 1.165) is 25.6 Å². The number of thiocarbonyl (C=S) groups is 1. The number of ether oxygens (including phenoxy) is 1. The fourth-order valence-corrected chi connectivity index (χ4v) is 4.06. The molecule has 3 fully saturated rings. The Morgan fingerprint density at radius 2 is 1.90 bits per heavy atom. The molecule has 114 valence electrons. The van der Waals surface area contributed by atoms with Crippen LogP contribution in [0, 0.1) is 0 Å². The summed E-state index contributed by atoms with van der Waals surface area (Å²) in [5.74, 6) is 0. The van der Waals surface area contributed by atoms with Crippen molar-refractivity contribution in [1.82, 2.24) is 4.90 Å². The molecule has 0 aromatic rings. The number of nitrogens with two attached hydrogens (primary N) is 1. The fourth-order valence-electron chi connectivity index (χ4n) is 3.97. The fraction of sp³-hybridized carbons (Fsp3) is 0.938. The van der Waals surface area contributed by atoms with Crippen molar-refractivity contribution < 1.29 is 4.74 Å². The maximum Gasteiger partial charge on any atom is 0.0740 e. The van der Waals surface area contributed by atoms with Gasteiger partial charge in [0.05, 0.1) is 16.7 Å². The molecule has 1 unspecified atom stereocenters. The van der Waals surface area contributed by atoms with Crippen molar-refractivity contribution in [3.8, 4) is 0 Å². The average Bonchev–Trinajstić information content (AvgIpc) is 3.20. The molecule has 0 aromatic carbocycles. The zero-order valence-corrected chi connectivity index (χ0v) is 13.3. The van der Waals surface area contributed by atoms with E-state index in [1.54, 1.807) is 0 Å². The first-order valence-electron chi connectivity index (χ1n) is 8.37. The zero-order valence-electron chi connectivity index (χ0n) is 12.5. The Balaban J connectivity index is 1.50. The van der Waals surface area contributed by atoms with Gasteiger partial charge in [-0.05, 0) is 38.5 Å². The van der Waals surface area contributed by atoms with Crippen LogP contribution in [0.25, 0.3) is 0 Å². The van der Waals surface area contributed by atoms with E-state index in [9.17, 15) is 0 Å². The molecule has 4 heteroatoms. The molecule has 2 aliphatic carbocycles. The lowest BCUT2D eigenvalue weighted by Crippen LogP contribution is -2.38. The van der Waals surface area contributed by atoms with Crippen LogP contribution in [-0.2, 0) is 4.74 Å². The minimum Gasteiger partial charge on any atom is -0.393 e. The minimum atomic E-state index is 0.251. The van der Waals surface area contributed by atoms with Crippen molar-refractivity contribution in [2.75, 3.05) is 13.1 Å². The van der Waals surface area contributed by atoms with Gasteiger partial charge in [0.15, 0.2) is 0 Å². The third kappa shape index (κ3) is 3.71. The van der Waals surface area contributed by atoms with Crippen LogP contribution in [0.2, 0.25) is 0 Å². The van der Waals surface area contributed by atoms with Crippen molar-refractivity contribution in [1.29, 1.82) is 0 Å². The van der Waals surface area contributed by atoms with E-state index in [1.807, 2.05) is 0 Å². The molecule has 0 aromatic heterocycles. The molecule has 0 bridgehead atoms. The van der Waals surface area contributed by atoms with Crippen molar-refractivity contribution in [2.45, 2.75) is 82.0 Å². The average molecular weight is 296 g/mol. The van der Waals surface area contributed by atoms with Crippen LogP contribution in [0.4, 0.5) is 0 Å². The van der Waals surface area contributed by atoms with Gasteiger partial charge >= 0.3 is 0 Å². The molecule has 20 heavy (non-hydrogen) atoms. The molecule has 1 atom stereocenters. The van der Waals surface area contributed by atoms with Crippen LogP contribution in [0.15, 0.2) is 0 Å². The first kappa shape index (κ1) is 14.7. The Bertz CT molecular complexity index is 350. The molecule has 1 spiro atoms. The molecule has 1 saturated heterocycles. The monoisotopic (exact) mass is 296 g/mol. The second-order valence-electron chi connectivity index (χ2n) is 6.96. The van der Waals surface area contributed by atoms with Crippen LogP contribution in [0.3, 0.4) is 0 Å². The Morgan fingerprint density at radius 1 is 1.15 bits per heavy atom. The van der Waals surface area contributed by atoms with Gasteiger partial charge in [-0.3, -0.25) is 4.90 Å². The van der Waals surface area contributed by atoms with Gasteiger partial charge in [-0.15, -0.1) is 0 Å². The summed E-state index contributed by atoms with van der Waals surface area (Å²) in [6, 6.07) is 0.774. The molecule has 3 rings (SSSR count). The lowest BCUT2D eigenvalue weighted by Gasteiger charge is -2.34. The molecular weight excluding hydrogens is 268 g/mol. The van der Waals surface area contributed by atoms with Gasteiger partial charge < -0.3 is 10.5 Å². The van der Waals surface area contributed by atoms with E-state index in [2.05, 4.69) is 4.90 Å². The number of rotatable bonds is 6. The summed E-state index contributed by atoms with van der Waals surface area (Å²) >= 11 is 5.02. The van der Waals surface area contributed by atoms with Crippen molar-refractivity contribution in [3.63, 3.8) is 0 Å². The highest BCUT2D eigenvalue weighted by Crippen LogP contribution is 2.42. The van der Waals surface area contributed by atoms with Gasteiger partial charge in [-0.25, -0.2) is 0 Å². The maximum absolute atomic E-state index is 6.50. The number of nitrogens with zero attached hydrogens (tertiary/aromatic N) is 1. The van der Waals surface area contributed by atoms with Crippen molar-refractivity contribution in [3.05, 3.63) is 0 Å². The van der Waals surface area contributed by atoms with Crippen LogP contribution < -0.4 is 5.73 Å². The van der Waals surface area contributed by atoms with E-state index in [0.29, 0.717) is 11.1 Å². The molecular formula is C16H28N2OS. The lowest BCUT2D eigenvalue weighted by molar-refractivity contribution is -0.0722. The summed E-state index contributed by atoms with van der Waals surface area (Å²) in [5.41, 5.74) is 5.91. The summed E-state index contributed by atoms with van der Waals surface area (Å²) in [5, 5.41) is 0. The first-order valence-corrected chi connectivity index (χ1v) is 8.78. The quantitative estimate of drug-likeness (QED) is 0.765. The van der Waals surface area contributed by atoms with E-state index < -0.39 is 0 Å². The molecule has 2 N–H and O–H groups in total. The van der Waals surface area contributed by atoms with Gasteiger partial charge in [0.2, 0.25) is 0 Å². The lowest BCUT2D eigenvalue weighted by atomic mass is 9.83. The van der Waals surface area contributed by atoms with Crippen LogP contribution in [-0.4, -0.2) is 40.7 Å². The highest BCUT2D eigenvalue weighted by atomic mass is 32.1. The SMILES string of the molecule is NC(=S)CCN(CC1CCC2(CCCCC2)O1)C1CC1. The van der Waals surface area contributed by atoms with Crippen molar-refractivity contribution >= 4 is 17.2 Å². The van der Waals surface area contributed by atoms with Gasteiger partial charge in [0, 0.05) is 25.6 Å². The third-order valence-corrected chi connectivity index (χ3v) is 5.45. The van der Waals surface area contributed by atoms with E-state index in [4.69, 9.17) is 22.7 Å². The van der Waals surface area contributed by atoms with Crippen molar-refractivity contribution in [2.24, 2.45) is 5.73 Å². The Kier molecular flexibility index (Phi) is 4.63. The van der Waals surface area contributed by atoms with Crippen LogP contribution in [0.1, 0.15) is 64.2 Å². The molecule has 1 heterocycles. The number of hydrogen-bond donors (Lipinski definition) is 1. The Labute approximate surface area is 128 Å².